The van der Waals surface area contributed by atoms with E-state index in [1.54, 1.807) is 20.3 Å². The Morgan fingerprint density at radius 2 is 1.71 bits per heavy atom. The van der Waals surface area contributed by atoms with Crippen LogP contribution in [0, 0.1) is 0 Å². The standard InChI is InChI=1S/C20H23NO3/c1-20(2,3)12-6-9-17(22)15(10-12)18-14-8-7-13(23-4)11-16(14)21-19(18)24-5/h6-11,21-22H,1-5H3. The molecule has 0 radical (unpaired) electrons. The molecule has 2 N–H and O–H groups in total. The van der Waals surface area contributed by atoms with E-state index in [9.17, 15) is 5.11 Å². The molecule has 4 heteroatoms. The Bertz CT molecular complexity index is 888. The zero-order valence-corrected chi connectivity index (χ0v) is 14.7. The summed E-state index contributed by atoms with van der Waals surface area (Å²) in [7, 11) is 3.26. The minimum Gasteiger partial charge on any atom is -0.507 e. The second-order valence-corrected chi connectivity index (χ2v) is 6.93. The predicted molar refractivity (Wildman–Crippen MR) is 97.2 cm³/mol. The summed E-state index contributed by atoms with van der Waals surface area (Å²) < 4.78 is 10.8. The largest absolute Gasteiger partial charge is 0.507 e. The number of nitrogens with one attached hydrogen (secondary N) is 1. The molecule has 0 atom stereocenters. The maximum Gasteiger partial charge on any atom is 0.199 e. The van der Waals surface area contributed by atoms with Gasteiger partial charge in [-0.25, -0.2) is 0 Å². The number of benzene rings is 2. The van der Waals surface area contributed by atoms with Crippen LogP contribution in [-0.2, 0) is 5.41 Å². The maximum absolute atomic E-state index is 10.5. The normalized spacial score (nSPS) is 11.7. The van der Waals surface area contributed by atoms with Crippen molar-refractivity contribution in [2.45, 2.75) is 26.2 Å². The third-order valence-electron chi connectivity index (χ3n) is 4.31. The summed E-state index contributed by atoms with van der Waals surface area (Å²) in [6.45, 7) is 6.46. The number of phenols is 1. The van der Waals surface area contributed by atoms with Gasteiger partial charge in [-0.05, 0) is 35.2 Å². The Kier molecular flexibility index (Phi) is 3.91. The first-order valence-corrected chi connectivity index (χ1v) is 7.92. The number of hydrogen-bond acceptors (Lipinski definition) is 3. The van der Waals surface area contributed by atoms with Crippen LogP contribution >= 0.6 is 0 Å². The van der Waals surface area contributed by atoms with Crippen molar-refractivity contribution in [3.05, 3.63) is 42.0 Å². The molecular weight excluding hydrogens is 302 g/mol. The molecule has 0 aliphatic carbocycles. The van der Waals surface area contributed by atoms with Gasteiger partial charge in [-0.1, -0.05) is 26.8 Å². The van der Waals surface area contributed by atoms with Crippen molar-refractivity contribution in [3.63, 3.8) is 0 Å². The van der Waals surface area contributed by atoms with Gasteiger partial charge in [-0.15, -0.1) is 0 Å². The van der Waals surface area contributed by atoms with E-state index in [2.05, 4.69) is 25.8 Å². The second kappa shape index (κ2) is 5.78. The van der Waals surface area contributed by atoms with Crippen LogP contribution < -0.4 is 9.47 Å². The van der Waals surface area contributed by atoms with Gasteiger partial charge in [0, 0.05) is 17.0 Å². The summed E-state index contributed by atoms with van der Waals surface area (Å²) in [5.74, 6) is 1.63. The van der Waals surface area contributed by atoms with Crippen molar-refractivity contribution >= 4 is 10.9 Å². The topological polar surface area (TPSA) is 54.5 Å². The number of rotatable bonds is 3. The van der Waals surface area contributed by atoms with Gasteiger partial charge in [-0.3, -0.25) is 0 Å². The van der Waals surface area contributed by atoms with E-state index >= 15 is 0 Å². The molecule has 0 aliphatic rings. The van der Waals surface area contributed by atoms with E-state index in [0.717, 1.165) is 33.3 Å². The lowest BCUT2D eigenvalue weighted by Gasteiger charge is -2.20. The van der Waals surface area contributed by atoms with Crippen LogP contribution in [0.25, 0.3) is 22.0 Å². The molecule has 0 saturated carbocycles. The third kappa shape index (κ3) is 2.68. The maximum atomic E-state index is 10.5. The van der Waals surface area contributed by atoms with Crippen molar-refractivity contribution < 1.29 is 14.6 Å². The fourth-order valence-electron chi connectivity index (χ4n) is 2.90. The highest BCUT2D eigenvalue weighted by Gasteiger charge is 2.21. The SMILES string of the molecule is COc1ccc2c(-c3cc(C(C)(C)C)ccc3O)c(OC)[nH]c2c1. The first-order chi connectivity index (χ1) is 11.3. The number of aromatic nitrogens is 1. The Labute approximate surface area is 142 Å². The Morgan fingerprint density at radius 1 is 0.958 bits per heavy atom. The van der Waals surface area contributed by atoms with E-state index in [-0.39, 0.29) is 11.2 Å². The molecule has 4 nitrogen and oxygen atoms in total. The number of fused-ring (bicyclic) bond motifs is 1. The van der Waals surface area contributed by atoms with Gasteiger partial charge in [0.2, 0.25) is 0 Å². The van der Waals surface area contributed by atoms with E-state index in [4.69, 9.17) is 9.47 Å². The summed E-state index contributed by atoms with van der Waals surface area (Å²) >= 11 is 0. The molecule has 3 aromatic rings. The average Bonchev–Trinajstić information content (AvgIpc) is 2.91. The number of aromatic amines is 1. The minimum absolute atomic E-state index is 0.00891. The molecule has 2 aromatic carbocycles. The average molecular weight is 325 g/mol. The Hall–Kier alpha value is -2.62. The highest BCUT2D eigenvalue weighted by molar-refractivity contribution is 6.01. The fraction of sp³-hybridized carbons (Fsp3) is 0.300. The zero-order valence-electron chi connectivity index (χ0n) is 14.7. The van der Waals surface area contributed by atoms with Crippen LogP contribution in [0.4, 0.5) is 0 Å². The minimum atomic E-state index is -0.00891. The molecule has 0 fully saturated rings. The van der Waals surface area contributed by atoms with E-state index in [0.29, 0.717) is 5.88 Å². The van der Waals surface area contributed by atoms with Crippen LogP contribution in [0.15, 0.2) is 36.4 Å². The highest BCUT2D eigenvalue weighted by Crippen LogP contribution is 2.43. The van der Waals surface area contributed by atoms with Crippen LogP contribution in [0.5, 0.6) is 17.4 Å². The fourth-order valence-corrected chi connectivity index (χ4v) is 2.90. The lowest BCUT2D eigenvalue weighted by molar-refractivity contribution is 0.402. The predicted octanol–water partition coefficient (Wildman–Crippen LogP) is 4.86. The van der Waals surface area contributed by atoms with Crippen molar-refractivity contribution in [1.29, 1.82) is 0 Å². The first-order valence-electron chi connectivity index (χ1n) is 7.92. The summed E-state index contributed by atoms with van der Waals surface area (Å²) in [5, 5.41) is 11.4. The van der Waals surface area contributed by atoms with Gasteiger partial charge in [0.05, 0.1) is 25.3 Å². The van der Waals surface area contributed by atoms with Gasteiger partial charge in [0.1, 0.15) is 11.5 Å². The molecule has 0 bridgehead atoms. The summed E-state index contributed by atoms with van der Waals surface area (Å²) in [6, 6.07) is 11.5. The van der Waals surface area contributed by atoms with Crippen LogP contribution in [0.2, 0.25) is 0 Å². The van der Waals surface area contributed by atoms with Crippen LogP contribution in [-0.4, -0.2) is 24.3 Å². The molecule has 0 aliphatic heterocycles. The number of aromatic hydroxyl groups is 1. The highest BCUT2D eigenvalue weighted by atomic mass is 16.5. The van der Waals surface area contributed by atoms with E-state index < -0.39 is 0 Å². The molecule has 0 saturated heterocycles. The van der Waals surface area contributed by atoms with Gasteiger partial charge < -0.3 is 19.6 Å². The molecule has 1 aromatic heterocycles. The molecule has 3 rings (SSSR count). The first kappa shape index (κ1) is 16.2. The Balaban J connectivity index is 2.29. The Morgan fingerprint density at radius 3 is 2.33 bits per heavy atom. The van der Waals surface area contributed by atoms with Gasteiger partial charge >= 0.3 is 0 Å². The van der Waals surface area contributed by atoms with Gasteiger partial charge in [-0.2, -0.15) is 0 Å². The molecule has 126 valence electrons. The summed E-state index contributed by atoms with van der Waals surface area (Å²) in [6.07, 6.45) is 0. The monoisotopic (exact) mass is 325 g/mol. The summed E-state index contributed by atoms with van der Waals surface area (Å²) in [4.78, 5) is 3.26. The molecule has 0 spiro atoms. The van der Waals surface area contributed by atoms with Crippen LogP contribution in [0.1, 0.15) is 26.3 Å². The smallest absolute Gasteiger partial charge is 0.199 e. The lowest BCUT2D eigenvalue weighted by atomic mass is 9.85. The quantitative estimate of drug-likeness (QED) is 0.723. The molecule has 0 unspecified atom stereocenters. The number of methoxy groups -OCH3 is 2. The van der Waals surface area contributed by atoms with Gasteiger partial charge in [0.25, 0.3) is 0 Å². The van der Waals surface area contributed by atoms with Crippen molar-refractivity contribution in [2.75, 3.05) is 14.2 Å². The van der Waals surface area contributed by atoms with Crippen LogP contribution in [0.3, 0.4) is 0 Å². The molecule has 24 heavy (non-hydrogen) atoms. The van der Waals surface area contributed by atoms with Crippen molar-refractivity contribution in [1.82, 2.24) is 4.98 Å². The van der Waals surface area contributed by atoms with Crippen molar-refractivity contribution in [2.24, 2.45) is 0 Å². The number of ether oxygens (including phenoxy) is 2. The van der Waals surface area contributed by atoms with E-state index in [1.165, 1.54) is 0 Å². The van der Waals surface area contributed by atoms with Gasteiger partial charge in [0.15, 0.2) is 5.88 Å². The lowest BCUT2D eigenvalue weighted by Crippen LogP contribution is -2.10. The second-order valence-electron chi connectivity index (χ2n) is 6.93. The molecule has 0 amide bonds. The zero-order chi connectivity index (χ0) is 17.5. The van der Waals surface area contributed by atoms with Crippen molar-refractivity contribution in [3.8, 4) is 28.5 Å². The number of H-pyrrole nitrogens is 1. The molecular formula is C20H23NO3. The third-order valence-corrected chi connectivity index (χ3v) is 4.31. The number of hydrogen-bond donors (Lipinski definition) is 2. The molecule has 1 heterocycles. The van der Waals surface area contributed by atoms with E-state index in [1.807, 2.05) is 30.3 Å². The summed E-state index contributed by atoms with van der Waals surface area (Å²) in [5.41, 5.74) is 3.67. The number of phenolic OH excluding ortho intramolecular Hbond substituents is 1.